The third-order valence-corrected chi connectivity index (χ3v) is 6.13. The second kappa shape index (κ2) is 7.76. The summed E-state index contributed by atoms with van der Waals surface area (Å²) in [6.45, 7) is 6.97. The summed E-state index contributed by atoms with van der Waals surface area (Å²) in [6, 6.07) is 5.71. The Bertz CT molecular complexity index is 655. The summed E-state index contributed by atoms with van der Waals surface area (Å²) in [5, 5.41) is 12.2. The van der Waals surface area contributed by atoms with Crippen LogP contribution in [0.15, 0.2) is 23.1 Å². The molecule has 2 N–H and O–H groups in total. The summed E-state index contributed by atoms with van der Waals surface area (Å²) in [7, 11) is 0. The van der Waals surface area contributed by atoms with E-state index < -0.39 is 0 Å². The van der Waals surface area contributed by atoms with Crippen LogP contribution < -0.4 is 5.32 Å². The minimum Gasteiger partial charge on any atom is -0.395 e. The average molecular weight is 363 g/mol. The number of carbonyl (C=O) groups is 2. The Labute approximate surface area is 152 Å². The number of carbonyl (C=O) groups excluding carboxylic acids is 2. The molecule has 0 aliphatic carbocycles. The van der Waals surface area contributed by atoms with Crippen molar-refractivity contribution >= 4 is 29.3 Å². The lowest BCUT2D eigenvalue weighted by molar-refractivity contribution is -0.115. The lowest BCUT2D eigenvalue weighted by Gasteiger charge is -2.38. The molecule has 0 saturated carbocycles. The van der Waals surface area contributed by atoms with Crippen LogP contribution in [0.25, 0.3) is 0 Å². The van der Waals surface area contributed by atoms with Crippen LogP contribution in [0.4, 0.5) is 5.69 Å². The quantitative estimate of drug-likeness (QED) is 0.851. The number of hydrogen-bond donors (Lipinski definition) is 2. The summed E-state index contributed by atoms with van der Waals surface area (Å²) in [5.41, 5.74) is 1.33. The maximum atomic E-state index is 12.8. The van der Waals surface area contributed by atoms with Gasteiger partial charge in [-0.05, 0) is 31.5 Å². The van der Waals surface area contributed by atoms with Gasteiger partial charge in [0.25, 0.3) is 5.91 Å². The molecule has 2 aliphatic rings. The van der Waals surface area contributed by atoms with Gasteiger partial charge in [-0.2, -0.15) is 0 Å². The number of hydrogen-bond acceptors (Lipinski definition) is 5. The van der Waals surface area contributed by atoms with Crippen molar-refractivity contribution in [2.75, 3.05) is 38.1 Å². The highest BCUT2D eigenvalue weighted by Gasteiger charge is 2.27. The molecule has 2 amide bonds. The monoisotopic (exact) mass is 363 g/mol. The normalized spacial score (nSPS) is 22.3. The van der Waals surface area contributed by atoms with Gasteiger partial charge in [-0.1, -0.05) is 6.92 Å². The molecule has 7 heteroatoms. The Morgan fingerprint density at radius 2 is 2.08 bits per heavy atom. The molecule has 0 bridgehead atoms. The zero-order valence-electron chi connectivity index (χ0n) is 14.7. The van der Waals surface area contributed by atoms with E-state index in [1.807, 2.05) is 24.0 Å². The molecule has 2 aliphatic heterocycles. The molecule has 1 fully saturated rings. The summed E-state index contributed by atoms with van der Waals surface area (Å²) in [4.78, 5) is 29.7. The van der Waals surface area contributed by atoms with Crippen molar-refractivity contribution in [2.45, 2.75) is 36.5 Å². The molecule has 2 heterocycles. The van der Waals surface area contributed by atoms with E-state index in [0.717, 1.165) is 30.1 Å². The van der Waals surface area contributed by atoms with Gasteiger partial charge < -0.3 is 15.3 Å². The van der Waals surface area contributed by atoms with Gasteiger partial charge in [0.1, 0.15) is 0 Å². The predicted molar refractivity (Wildman–Crippen MR) is 99.0 cm³/mol. The second-order valence-electron chi connectivity index (χ2n) is 6.53. The van der Waals surface area contributed by atoms with Gasteiger partial charge in [0.2, 0.25) is 5.91 Å². The largest absolute Gasteiger partial charge is 0.395 e. The fourth-order valence-corrected chi connectivity index (χ4v) is 4.25. The lowest BCUT2D eigenvalue weighted by Crippen LogP contribution is -2.52. The van der Waals surface area contributed by atoms with Crippen molar-refractivity contribution in [1.82, 2.24) is 9.80 Å². The third-order valence-electron chi connectivity index (χ3n) is 4.96. The highest BCUT2D eigenvalue weighted by atomic mass is 32.2. The molecule has 0 radical (unpaired) electrons. The number of aliphatic hydroxyl groups excluding tert-OH is 1. The van der Waals surface area contributed by atoms with E-state index in [1.165, 1.54) is 11.8 Å². The molecule has 3 rings (SSSR count). The molecule has 1 aromatic rings. The Balaban J connectivity index is 1.66. The molecule has 1 aromatic carbocycles. The van der Waals surface area contributed by atoms with Crippen molar-refractivity contribution in [3.63, 3.8) is 0 Å². The topological polar surface area (TPSA) is 72.9 Å². The molecule has 6 nitrogen and oxygen atoms in total. The van der Waals surface area contributed by atoms with E-state index in [9.17, 15) is 14.7 Å². The maximum absolute atomic E-state index is 12.8. The first-order valence-electron chi connectivity index (χ1n) is 8.79. The first kappa shape index (κ1) is 18.2. The Morgan fingerprint density at radius 3 is 2.72 bits per heavy atom. The standard InChI is InChI=1S/C18H25N3O3S/c1-3-14(11-22)20-6-8-21(9-7-20)18(24)13-4-5-16-15(10-13)19-17(23)12(2)25-16/h4-5,10,12,14,22H,3,6-9,11H2,1-2H3,(H,19,23)/t12-,14-/m0/s1. The van der Waals surface area contributed by atoms with Crippen LogP contribution in [0.2, 0.25) is 0 Å². The van der Waals surface area contributed by atoms with Gasteiger partial charge in [-0.25, -0.2) is 0 Å². The molecular formula is C18H25N3O3S. The van der Waals surface area contributed by atoms with Crippen molar-refractivity contribution in [3.05, 3.63) is 23.8 Å². The fourth-order valence-electron chi connectivity index (χ4n) is 3.32. The number of anilines is 1. The molecule has 0 spiro atoms. The first-order valence-corrected chi connectivity index (χ1v) is 9.67. The number of piperazine rings is 1. The number of rotatable bonds is 4. The van der Waals surface area contributed by atoms with E-state index in [2.05, 4.69) is 17.1 Å². The highest BCUT2D eigenvalue weighted by molar-refractivity contribution is 8.00. The average Bonchev–Trinajstić information content (AvgIpc) is 2.63. The van der Waals surface area contributed by atoms with Crippen molar-refractivity contribution in [2.24, 2.45) is 0 Å². The Morgan fingerprint density at radius 1 is 1.36 bits per heavy atom. The molecule has 0 aromatic heterocycles. The molecule has 1 saturated heterocycles. The summed E-state index contributed by atoms with van der Waals surface area (Å²) in [6.07, 6.45) is 0.908. The number of nitrogens with one attached hydrogen (secondary N) is 1. The van der Waals surface area contributed by atoms with Crippen molar-refractivity contribution in [1.29, 1.82) is 0 Å². The van der Waals surface area contributed by atoms with Gasteiger partial charge >= 0.3 is 0 Å². The van der Waals surface area contributed by atoms with Crippen LogP contribution >= 0.6 is 11.8 Å². The maximum Gasteiger partial charge on any atom is 0.254 e. The van der Waals surface area contributed by atoms with Gasteiger partial charge in [0.05, 0.1) is 17.5 Å². The molecule has 136 valence electrons. The molecule has 2 atom stereocenters. The van der Waals surface area contributed by atoms with E-state index in [-0.39, 0.29) is 29.7 Å². The minimum atomic E-state index is -0.111. The van der Waals surface area contributed by atoms with Crippen molar-refractivity contribution in [3.8, 4) is 0 Å². The summed E-state index contributed by atoms with van der Waals surface area (Å²) < 4.78 is 0. The van der Waals surface area contributed by atoms with Gasteiger partial charge in [-0.3, -0.25) is 14.5 Å². The van der Waals surface area contributed by atoms with Crippen LogP contribution in [-0.4, -0.2) is 70.8 Å². The van der Waals surface area contributed by atoms with Crippen molar-refractivity contribution < 1.29 is 14.7 Å². The first-order chi connectivity index (χ1) is 12.0. The number of aliphatic hydroxyl groups is 1. The number of nitrogens with zero attached hydrogens (tertiary/aromatic N) is 2. The number of benzene rings is 1. The molecular weight excluding hydrogens is 338 g/mol. The number of thioether (sulfide) groups is 1. The molecule has 25 heavy (non-hydrogen) atoms. The van der Waals surface area contributed by atoms with E-state index >= 15 is 0 Å². The summed E-state index contributed by atoms with van der Waals surface area (Å²) >= 11 is 1.52. The van der Waals surface area contributed by atoms with E-state index in [0.29, 0.717) is 18.7 Å². The highest BCUT2D eigenvalue weighted by Crippen LogP contribution is 2.36. The smallest absolute Gasteiger partial charge is 0.254 e. The lowest BCUT2D eigenvalue weighted by atomic mass is 10.1. The van der Waals surface area contributed by atoms with E-state index in [1.54, 1.807) is 6.07 Å². The van der Waals surface area contributed by atoms with Gasteiger partial charge in [0.15, 0.2) is 0 Å². The fraction of sp³-hybridized carbons (Fsp3) is 0.556. The van der Waals surface area contributed by atoms with Crippen LogP contribution in [0.1, 0.15) is 30.6 Å². The predicted octanol–water partition coefficient (Wildman–Crippen LogP) is 1.65. The van der Waals surface area contributed by atoms with Crippen LogP contribution in [0.3, 0.4) is 0 Å². The molecule has 0 unspecified atom stereocenters. The second-order valence-corrected chi connectivity index (χ2v) is 7.92. The minimum absolute atomic E-state index is 0.00244. The van der Waals surface area contributed by atoms with Crippen LogP contribution in [0.5, 0.6) is 0 Å². The van der Waals surface area contributed by atoms with Crippen LogP contribution in [-0.2, 0) is 4.79 Å². The summed E-state index contributed by atoms with van der Waals surface area (Å²) in [5.74, 6) is -0.0253. The SMILES string of the molecule is CC[C@@H](CO)N1CCN(C(=O)c2ccc3c(c2)NC(=O)[C@H](C)S3)CC1. The zero-order chi connectivity index (χ0) is 18.0. The third kappa shape index (κ3) is 3.83. The Hall–Kier alpha value is -1.57. The van der Waals surface area contributed by atoms with Crippen LogP contribution in [0, 0.1) is 0 Å². The van der Waals surface area contributed by atoms with Gasteiger partial charge in [-0.15, -0.1) is 11.8 Å². The number of fused-ring (bicyclic) bond motifs is 1. The van der Waals surface area contributed by atoms with Gasteiger partial charge in [0, 0.05) is 42.7 Å². The number of amides is 2. The zero-order valence-corrected chi connectivity index (χ0v) is 15.5. The Kier molecular flexibility index (Phi) is 5.66. The van der Waals surface area contributed by atoms with E-state index in [4.69, 9.17) is 0 Å².